The summed E-state index contributed by atoms with van der Waals surface area (Å²) in [5.41, 5.74) is 7.06. The topological polar surface area (TPSA) is 100 Å². The molecule has 0 aliphatic carbocycles. The van der Waals surface area contributed by atoms with Gasteiger partial charge in [-0.15, -0.1) is 0 Å². The number of rotatable bonds is 4. The first-order valence-electron chi connectivity index (χ1n) is 5.71. The lowest BCUT2D eigenvalue weighted by Gasteiger charge is -2.05. The fraction of sp³-hybridized carbons (Fsp3) is 0.0769. The van der Waals surface area contributed by atoms with E-state index in [1.54, 1.807) is 30.5 Å². The molecule has 0 bridgehead atoms. The molecule has 0 unspecified atom stereocenters. The Labute approximate surface area is 110 Å². The molecular weight excluding hydrogens is 244 g/mol. The number of nitrogens with two attached hydrogens (primary N) is 1. The number of anilines is 1. The van der Waals surface area contributed by atoms with Crippen LogP contribution in [0, 0.1) is 0 Å². The zero-order valence-electron chi connectivity index (χ0n) is 10.1. The molecule has 2 aromatic rings. The Balaban J connectivity index is 1.93. The highest BCUT2D eigenvalue weighted by Gasteiger charge is 2.05. The van der Waals surface area contributed by atoms with E-state index in [0.717, 1.165) is 5.56 Å². The third-order valence-electron chi connectivity index (χ3n) is 2.53. The molecule has 0 aliphatic heterocycles. The maximum Gasteiger partial charge on any atom is 0.316 e. The first kappa shape index (κ1) is 12.7. The van der Waals surface area contributed by atoms with Gasteiger partial charge in [-0.3, -0.25) is 4.79 Å². The summed E-state index contributed by atoms with van der Waals surface area (Å²) in [7, 11) is 0. The van der Waals surface area contributed by atoms with E-state index >= 15 is 0 Å². The first-order valence-corrected chi connectivity index (χ1v) is 5.71. The van der Waals surface area contributed by atoms with Gasteiger partial charge in [0.1, 0.15) is 0 Å². The smallest absolute Gasteiger partial charge is 0.316 e. The Hall–Kier alpha value is -2.76. The summed E-state index contributed by atoms with van der Waals surface area (Å²) in [4.78, 5) is 25.4. The quantitative estimate of drug-likeness (QED) is 0.667. The molecule has 98 valence electrons. The van der Waals surface area contributed by atoms with Crippen LogP contribution in [0.3, 0.4) is 0 Å². The van der Waals surface area contributed by atoms with Gasteiger partial charge in [0.05, 0.1) is 0 Å². The number of hydrogen-bond donors (Lipinski definition) is 4. The minimum atomic E-state index is -0.635. The van der Waals surface area contributed by atoms with Crippen LogP contribution in [0.5, 0.6) is 0 Å². The van der Waals surface area contributed by atoms with Crippen molar-refractivity contribution in [1.82, 2.24) is 10.3 Å². The summed E-state index contributed by atoms with van der Waals surface area (Å²) >= 11 is 0. The van der Waals surface area contributed by atoms with Gasteiger partial charge in [0, 0.05) is 30.2 Å². The number of urea groups is 1. The molecule has 0 radical (unpaired) electrons. The average molecular weight is 258 g/mol. The molecular formula is C13H14N4O2. The Bertz CT molecular complexity index is 561. The minimum Gasteiger partial charge on any atom is -0.367 e. The third-order valence-corrected chi connectivity index (χ3v) is 2.53. The monoisotopic (exact) mass is 258 g/mol. The van der Waals surface area contributed by atoms with E-state index in [1.165, 1.54) is 0 Å². The van der Waals surface area contributed by atoms with Crippen LogP contribution >= 0.6 is 0 Å². The second-order valence-corrected chi connectivity index (χ2v) is 3.97. The normalized spacial score (nSPS) is 9.89. The maximum atomic E-state index is 11.8. The zero-order valence-corrected chi connectivity index (χ0v) is 10.1. The zero-order chi connectivity index (χ0) is 13.7. The largest absolute Gasteiger partial charge is 0.367 e. The Kier molecular flexibility index (Phi) is 3.82. The first-order chi connectivity index (χ1) is 9.15. The van der Waals surface area contributed by atoms with Crippen molar-refractivity contribution in [1.29, 1.82) is 0 Å². The molecule has 0 aliphatic rings. The van der Waals surface area contributed by atoms with Crippen LogP contribution < -0.4 is 16.4 Å². The predicted octanol–water partition coefficient (Wildman–Crippen LogP) is 1.44. The summed E-state index contributed by atoms with van der Waals surface area (Å²) < 4.78 is 0. The van der Waals surface area contributed by atoms with Crippen molar-refractivity contribution in [2.24, 2.45) is 5.73 Å². The fourth-order valence-corrected chi connectivity index (χ4v) is 1.60. The maximum absolute atomic E-state index is 11.8. The van der Waals surface area contributed by atoms with Gasteiger partial charge in [-0.25, -0.2) is 4.79 Å². The van der Waals surface area contributed by atoms with Gasteiger partial charge in [-0.1, -0.05) is 0 Å². The minimum absolute atomic E-state index is 0.174. The highest BCUT2D eigenvalue weighted by atomic mass is 16.2. The van der Waals surface area contributed by atoms with E-state index in [9.17, 15) is 9.59 Å². The lowest BCUT2D eigenvalue weighted by atomic mass is 10.2. The van der Waals surface area contributed by atoms with Gasteiger partial charge in [-0.05, 0) is 35.9 Å². The second-order valence-electron chi connectivity index (χ2n) is 3.97. The molecule has 6 nitrogen and oxygen atoms in total. The highest BCUT2D eigenvalue weighted by Crippen LogP contribution is 2.09. The van der Waals surface area contributed by atoms with E-state index in [1.807, 2.05) is 12.3 Å². The van der Waals surface area contributed by atoms with Crippen LogP contribution in [0.25, 0.3) is 0 Å². The van der Waals surface area contributed by atoms with Crippen LogP contribution in [0.2, 0.25) is 0 Å². The number of aromatic nitrogens is 1. The van der Waals surface area contributed by atoms with E-state index < -0.39 is 6.03 Å². The summed E-state index contributed by atoms with van der Waals surface area (Å²) in [6, 6.07) is 7.74. The van der Waals surface area contributed by atoms with Gasteiger partial charge >= 0.3 is 6.03 Å². The summed E-state index contributed by atoms with van der Waals surface area (Å²) in [5, 5.41) is 5.22. The number of nitrogens with one attached hydrogen (secondary N) is 3. The third kappa shape index (κ3) is 3.60. The molecule has 0 fully saturated rings. The van der Waals surface area contributed by atoms with Crippen molar-refractivity contribution in [3.05, 3.63) is 53.9 Å². The molecule has 1 heterocycles. The van der Waals surface area contributed by atoms with Crippen molar-refractivity contribution >= 4 is 17.6 Å². The number of carbonyl (C=O) groups excluding carboxylic acids is 2. The molecule has 0 atom stereocenters. The molecule has 6 heteroatoms. The molecule has 0 spiro atoms. The lowest BCUT2D eigenvalue weighted by molar-refractivity contribution is 0.0951. The van der Waals surface area contributed by atoms with Crippen LogP contribution in [0.4, 0.5) is 10.5 Å². The predicted molar refractivity (Wildman–Crippen MR) is 71.6 cm³/mol. The van der Waals surface area contributed by atoms with Crippen molar-refractivity contribution in [2.75, 3.05) is 5.32 Å². The van der Waals surface area contributed by atoms with E-state index in [-0.39, 0.29) is 5.91 Å². The standard InChI is InChI=1S/C13H14N4O2/c14-13(19)17-11-3-1-10(2-4-11)12(18)16-8-9-5-6-15-7-9/h1-7,15H,8H2,(H,16,18)(H3,14,17,19). The Morgan fingerprint density at radius 3 is 2.47 bits per heavy atom. The molecule has 0 saturated carbocycles. The van der Waals surface area contributed by atoms with Gasteiger partial charge in [0.2, 0.25) is 0 Å². The fourth-order valence-electron chi connectivity index (χ4n) is 1.60. The number of amides is 3. The van der Waals surface area contributed by atoms with E-state index in [2.05, 4.69) is 15.6 Å². The molecule has 19 heavy (non-hydrogen) atoms. The number of H-pyrrole nitrogens is 1. The molecule has 3 amide bonds. The van der Waals surface area contributed by atoms with E-state index in [4.69, 9.17) is 5.73 Å². The van der Waals surface area contributed by atoms with Crippen LogP contribution in [0.15, 0.2) is 42.7 Å². The number of benzene rings is 1. The van der Waals surface area contributed by atoms with Crippen molar-refractivity contribution in [3.8, 4) is 0 Å². The van der Waals surface area contributed by atoms with Crippen LogP contribution in [-0.2, 0) is 6.54 Å². The number of aromatic amines is 1. The Morgan fingerprint density at radius 1 is 1.16 bits per heavy atom. The van der Waals surface area contributed by atoms with Crippen molar-refractivity contribution in [3.63, 3.8) is 0 Å². The molecule has 5 N–H and O–H groups in total. The Morgan fingerprint density at radius 2 is 1.89 bits per heavy atom. The molecule has 2 rings (SSSR count). The van der Waals surface area contributed by atoms with Gasteiger partial charge in [0.25, 0.3) is 5.91 Å². The average Bonchev–Trinajstić information content (AvgIpc) is 2.89. The van der Waals surface area contributed by atoms with Crippen molar-refractivity contribution in [2.45, 2.75) is 6.54 Å². The number of hydrogen-bond acceptors (Lipinski definition) is 2. The number of carbonyl (C=O) groups is 2. The second kappa shape index (κ2) is 5.72. The van der Waals surface area contributed by atoms with Crippen molar-refractivity contribution < 1.29 is 9.59 Å². The highest BCUT2D eigenvalue weighted by molar-refractivity contribution is 5.95. The van der Waals surface area contributed by atoms with Crippen LogP contribution in [-0.4, -0.2) is 16.9 Å². The van der Waals surface area contributed by atoms with Gasteiger partial charge in [-0.2, -0.15) is 0 Å². The molecule has 0 saturated heterocycles. The van der Waals surface area contributed by atoms with Gasteiger partial charge < -0.3 is 21.4 Å². The molecule has 1 aromatic heterocycles. The van der Waals surface area contributed by atoms with E-state index in [0.29, 0.717) is 17.8 Å². The van der Waals surface area contributed by atoms with Gasteiger partial charge in [0.15, 0.2) is 0 Å². The lowest BCUT2D eigenvalue weighted by Crippen LogP contribution is -2.23. The SMILES string of the molecule is NC(=O)Nc1ccc(C(=O)NCc2cc[nH]c2)cc1. The summed E-state index contributed by atoms with van der Waals surface area (Å²) in [6.07, 6.45) is 3.62. The summed E-state index contributed by atoms with van der Waals surface area (Å²) in [5.74, 6) is -0.174. The molecule has 1 aromatic carbocycles. The number of primary amides is 1. The van der Waals surface area contributed by atoms with Crippen LogP contribution in [0.1, 0.15) is 15.9 Å². The summed E-state index contributed by atoms with van der Waals surface area (Å²) in [6.45, 7) is 0.462.